The molecule has 112 valence electrons. The van der Waals surface area contributed by atoms with E-state index in [1.165, 1.54) is 24.8 Å². The quantitative estimate of drug-likeness (QED) is 0.858. The lowest BCUT2D eigenvalue weighted by atomic mass is 9.90. The molecule has 1 saturated carbocycles. The summed E-state index contributed by atoms with van der Waals surface area (Å²) < 4.78 is 10.9. The number of hydrogen-bond acceptors (Lipinski definition) is 3. The van der Waals surface area contributed by atoms with Crippen molar-refractivity contribution in [2.45, 2.75) is 39.2 Å². The first-order valence-corrected chi connectivity index (χ1v) is 7.64. The largest absolute Gasteiger partial charge is 0.497 e. The lowest BCUT2D eigenvalue weighted by Crippen LogP contribution is -2.27. The lowest BCUT2D eigenvalue weighted by molar-refractivity contribution is 0.340. The smallest absolute Gasteiger partial charge is 0.123 e. The Morgan fingerprint density at radius 1 is 1.25 bits per heavy atom. The summed E-state index contributed by atoms with van der Waals surface area (Å²) in [5.74, 6) is 3.37. The molecule has 3 heteroatoms. The van der Waals surface area contributed by atoms with Crippen LogP contribution in [0.3, 0.4) is 0 Å². The number of hydrogen-bond donors (Lipinski definition) is 1. The third kappa shape index (κ3) is 3.26. The van der Waals surface area contributed by atoms with Gasteiger partial charge in [0.2, 0.25) is 0 Å². The van der Waals surface area contributed by atoms with Crippen LogP contribution in [0.25, 0.3) is 0 Å². The van der Waals surface area contributed by atoms with Crippen LogP contribution in [0.1, 0.15) is 44.7 Å². The molecule has 0 amide bonds. The average Bonchev–Trinajstić information content (AvgIpc) is 2.90. The monoisotopic (exact) mass is 277 g/mol. The van der Waals surface area contributed by atoms with Crippen molar-refractivity contribution >= 4 is 0 Å². The van der Waals surface area contributed by atoms with Gasteiger partial charge in [-0.05, 0) is 49.4 Å². The first-order chi connectivity index (χ1) is 9.69. The Kier molecular flexibility index (Phi) is 5.30. The van der Waals surface area contributed by atoms with Crippen LogP contribution in [0.4, 0.5) is 0 Å². The highest BCUT2D eigenvalue weighted by Gasteiger charge is 2.31. The van der Waals surface area contributed by atoms with E-state index in [1.807, 2.05) is 12.1 Å². The zero-order chi connectivity index (χ0) is 14.5. The van der Waals surface area contributed by atoms with Crippen molar-refractivity contribution in [2.24, 2.45) is 11.8 Å². The van der Waals surface area contributed by atoms with Gasteiger partial charge in [0.25, 0.3) is 0 Å². The van der Waals surface area contributed by atoms with Crippen molar-refractivity contribution in [3.63, 3.8) is 0 Å². The number of nitrogens with one attached hydrogen (secondary N) is 1. The fourth-order valence-corrected chi connectivity index (χ4v) is 3.39. The molecule has 3 atom stereocenters. The number of rotatable bonds is 6. The highest BCUT2D eigenvalue weighted by Crippen LogP contribution is 2.42. The van der Waals surface area contributed by atoms with Crippen molar-refractivity contribution < 1.29 is 9.47 Å². The highest BCUT2D eigenvalue weighted by atomic mass is 16.5. The van der Waals surface area contributed by atoms with Crippen LogP contribution in [-0.2, 0) is 0 Å². The Morgan fingerprint density at radius 2 is 2.05 bits per heavy atom. The fourth-order valence-electron chi connectivity index (χ4n) is 3.39. The zero-order valence-electron chi connectivity index (χ0n) is 13.1. The SMILES string of the molecule is CCNC(c1cc(OC)ccc1OC)C1CCC(C)C1. The molecule has 1 N–H and O–H groups in total. The van der Waals surface area contributed by atoms with Crippen LogP contribution in [0.5, 0.6) is 11.5 Å². The van der Waals surface area contributed by atoms with Crippen LogP contribution in [-0.4, -0.2) is 20.8 Å². The van der Waals surface area contributed by atoms with E-state index in [9.17, 15) is 0 Å². The van der Waals surface area contributed by atoms with Gasteiger partial charge in [-0.25, -0.2) is 0 Å². The lowest BCUT2D eigenvalue weighted by Gasteiger charge is -2.27. The minimum absolute atomic E-state index is 0.356. The minimum Gasteiger partial charge on any atom is -0.497 e. The molecule has 1 aliphatic carbocycles. The molecule has 20 heavy (non-hydrogen) atoms. The topological polar surface area (TPSA) is 30.5 Å². The molecule has 0 aromatic heterocycles. The van der Waals surface area contributed by atoms with Gasteiger partial charge in [-0.1, -0.05) is 20.3 Å². The first kappa shape index (κ1) is 15.2. The molecule has 1 aromatic carbocycles. The van der Waals surface area contributed by atoms with E-state index in [-0.39, 0.29) is 0 Å². The molecular weight excluding hydrogens is 250 g/mol. The van der Waals surface area contributed by atoms with E-state index in [2.05, 4.69) is 25.2 Å². The van der Waals surface area contributed by atoms with Crippen molar-refractivity contribution in [3.8, 4) is 11.5 Å². The minimum atomic E-state index is 0.356. The van der Waals surface area contributed by atoms with Gasteiger partial charge in [-0.15, -0.1) is 0 Å². The molecule has 0 bridgehead atoms. The number of ether oxygens (including phenoxy) is 2. The average molecular weight is 277 g/mol. The predicted octanol–water partition coefficient (Wildman–Crippen LogP) is 3.79. The van der Waals surface area contributed by atoms with Crippen molar-refractivity contribution in [2.75, 3.05) is 20.8 Å². The molecule has 3 unspecified atom stereocenters. The Balaban J connectivity index is 2.32. The molecule has 2 rings (SSSR count). The third-order valence-electron chi connectivity index (χ3n) is 4.40. The van der Waals surface area contributed by atoms with Gasteiger partial charge >= 0.3 is 0 Å². The number of benzene rings is 1. The fraction of sp³-hybridized carbons (Fsp3) is 0.647. The number of methoxy groups -OCH3 is 2. The van der Waals surface area contributed by atoms with Gasteiger partial charge in [0.05, 0.1) is 14.2 Å². The Hall–Kier alpha value is -1.22. The highest BCUT2D eigenvalue weighted by molar-refractivity contribution is 5.42. The molecule has 0 saturated heterocycles. The van der Waals surface area contributed by atoms with Gasteiger partial charge in [0.15, 0.2) is 0 Å². The van der Waals surface area contributed by atoms with Crippen molar-refractivity contribution in [1.29, 1.82) is 0 Å². The maximum atomic E-state index is 5.56. The molecule has 0 aliphatic heterocycles. The van der Waals surface area contributed by atoms with Crippen molar-refractivity contribution in [1.82, 2.24) is 5.32 Å². The summed E-state index contributed by atoms with van der Waals surface area (Å²) in [6.07, 6.45) is 3.91. The summed E-state index contributed by atoms with van der Waals surface area (Å²) in [5, 5.41) is 3.65. The molecular formula is C17H27NO2. The maximum absolute atomic E-state index is 5.56. The van der Waals surface area contributed by atoms with Gasteiger partial charge in [0, 0.05) is 11.6 Å². The second-order valence-corrected chi connectivity index (χ2v) is 5.82. The van der Waals surface area contributed by atoms with E-state index in [4.69, 9.17) is 9.47 Å². The molecule has 0 heterocycles. The molecule has 1 aliphatic rings. The maximum Gasteiger partial charge on any atom is 0.123 e. The Bertz CT molecular complexity index is 433. The summed E-state index contributed by atoms with van der Waals surface area (Å²) >= 11 is 0. The summed E-state index contributed by atoms with van der Waals surface area (Å²) in [6.45, 7) is 5.49. The Morgan fingerprint density at radius 3 is 2.60 bits per heavy atom. The van der Waals surface area contributed by atoms with Crippen molar-refractivity contribution in [3.05, 3.63) is 23.8 Å². The van der Waals surface area contributed by atoms with Gasteiger partial charge in [-0.2, -0.15) is 0 Å². The summed E-state index contributed by atoms with van der Waals surface area (Å²) in [6, 6.07) is 6.45. The molecule has 1 aromatic rings. The van der Waals surface area contributed by atoms with E-state index in [0.29, 0.717) is 12.0 Å². The Labute approximate surface area is 122 Å². The van der Waals surface area contributed by atoms with E-state index >= 15 is 0 Å². The van der Waals surface area contributed by atoms with Gasteiger partial charge in [0.1, 0.15) is 11.5 Å². The van der Waals surface area contributed by atoms with Gasteiger partial charge < -0.3 is 14.8 Å². The predicted molar refractivity (Wildman–Crippen MR) is 82.5 cm³/mol. The molecule has 3 nitrogen and oxygen atoms in total. The first-order valence-electron chi connectivity index (χ1n) is 7.64. The molecule has 0 spiro atoms. The summed E-state index contributed by atoms with van der Waals surface area (Å²) in [5.41, 5.74) is 1.23. The van der Waals surface area contributed by atoms with E-state index < -0.39 is 0 Å². The summed E-state index contributed by atoms with van der Waals surface area (Å²) in [7, 11) is 3.46. The summed E-state index contributed by atoms with van der Waals surface area (Å²) in [4.78, 5) is 0. The van der Waals surface area contributed by atoms with Crippen LogP contribution in [0, 0.1) is 11.8 Å². The second-order valence-electron chi connectivity index (χ2n) is 5.82. The standard InChI is InChI=1S/C17H27NO2/c1-5-18-17(13-7-6-12(2)10-13)15-11-14(19-3)8-9-16(15)20-4/h8-9,11-13,17-18H,5-7,10H2,1-4H3. The molecule has 1 fully saturated rings. The van der Waals surface area contributed by atoms with Crippen LogP contribution in [0.2, 0.25) is 0 Å². The second kappa shape index (κ2) is 6.98. The van der Waals surface area contributed by atoms with Gasteiger partial charge in [-0.3, -0.25) is 0 Å². The van der Waals surface area contributed by atoms with Crippen LogP contribution >= 0.6 is 0 Å². The van der Waals surface area contributed by atoms with Crippen LogP contribution < -0.4 is 14.8 Å². The van der Waals surface area contributed by atoms with E-state index in [0.717, 1.165) is 24.0 Å². The zero-order valence-corrected chi connectivity index (χ0v) is 13.1. The molecule has 0 radical (unpaired) electrons. The van der Waals surface area contributed by atoms with Crippen LogP contribution in [0.15, 0.2) is 18.2 Å². The van der Waals surface area contributed by atoms with E-state index in [1.54, 1.807) is 14.2 Å². The third-order valence-corrected chi connectivity index (χ3v) is 4.40. The normalized spacial score (nSPS) is 23.6.